The molecular weight excluding hydrogens is 374 g/mol. The van der Waals surface area contributed by atoms with Crippen LogP contribution < -0.4 is 10.1 Å². The lowest BCUT2D eigenvalue weighted by Gasteiger charge is -2.16. The number of fused-ring (bicyclic) bond motifs is 1. The molecule has 0 aliphatic carbocycles. The number of rotatable bonds is 4. The summed E-state index contributed by atoms with van der Waals surface area (Å²) in [6, 6.07) is 9.47. The second kappa shape index (κ2) is 7.74. The Kier molecular flexibility index (Phi) is 5.00. The first-order valence-electron chi connectivity index (χ1n) is 8.62. The number of carbonyl (C=O) groups is 1. The summed E-state index contributed by atoms with van der Waals surface area (Å²) in [5, 5.41) is 7.46. The molecule has 4 rings (SSSR count). The molecular formula is C20H17N5O2S. The minimum atomic E-state index is -0.0965. The monoisotopic (exact) mass is 391 g/mol. The molecule has 0 spiro atoms. The molecule has 0 saturated carbocycles. The van der Waals surface area contributed by atoms with E-state index in [4.69, 9.17) is 11.2 Å². The standard InChI is InChI=1S/C20H17N5O2S/c1-3-10-27-15-7-4-6-14(11-15)18-17-13(2)24-25(20-21-8-5-9-22-20)19(17)23-16(26)12-28-18/h1,4-9,11,18H,10,12H2,2H3,(H,23,26). The highest BCUT2D eigenvalue weighted by molar-refractivity contribution is 8.00. The molecule has 3 aromatic rings. The van der Waals surface area contributed by atoms with Crippen LogP contribution in [0.3, 0.4) is 0 Å². The molecule has 2 aromatic heterocycles. The van der Waals surface area contributed by atoms with Gasteiger partial charge in [-0.25, -0.2) is 9.97 Å². The molecule has 1 amide bonds. The van der Waals surface area contributed by atoms with Crippen LogP contribution in [-0.4, -0.2) is 38.0 Å². The zero-order chi connectivity index (χ0) is 19.5. The van der Waals surface area contributed by atoms with Gasteiger partial charge in [-0.3, -0.25) is 4.79 Å². The van der Waals surface area contributed by atoms with Crippen molar-refractivity contribution >= 4 is 23.5 Å². The van der Waals surface area contributed by atoms with Crippen LogP contribution >= 0.6 is 11.8 Å². The van der Waals surface area contributed by atoms with Gasteiger partial charge in [0.15, 0.2) is 0 Å². The third-order valence-corrected chi connectivity index (χ3v) is 5.50. The summed E-state index contributed by atoms with van der Waals surface area (Å²) in [6.07, 6.45) is 8.57. The van der Waals surface area contributed by atoms with Gasteiger partial charge >= 0.3 is 0 Å². The van der Waals surface area contributed by atoms with E-state index < -0.39 is 0 Å². The highest BCUT2D eigenvalue weighted by Crippen LogP contribution is 2.44. The Morgan fingerprint density at radius 3 is 2.96 bits per heavy atom. The average molecular weight is 391 g/mol. The fourth-order valence-electron chi connectivity index (χ4n) is 3.08. The zero-order valence-corrected chi connectivity index (χ0v) is 15.9. The summed E-state index contributed by atoms with van der Waals surface area (Å²) in [5.41, 5.74) is 2.74. The number of nitrogens with one attached hydrogen (secondary N) is 1. The van der Waals surface area contributed by atoms with Crippen LogP contribution in [-0.2, 0) is 4.79 Å². The highest BCUT2D eigenvalue weighted by Gasteiger charge is 2.31. The van der Waals surface area contributed by atoms with Crippen LogP contribution in [0.5, 0.6) is 5.75 Å². The number of ether oxygens (including phenoxy) is 1. The smallest absolute Gasteiger partial charge is 0.252 e. The van der Waals surface area contributed by atoms with Gasteiger partial charge < -0.3 is 10.1 Å². The Labute approximate surface area is 166 Å². The summed E-state index contributed by atoms with van der Waals surface area (Å²) < 4.78 is 7.15. The molecule has 8 heteroatoms. The lowest BCUT2D eigenvalue weighted by Crippen LogP contribution is -2.16. The predicted molar refractivity (Wildman–Crippen MR) is 108 cm³/mol. The van der Waals surface area contributed by atoms with Gasteiger partial charge in [0.1, 0.15) is 18.2 Å². The molecule has 1 aromatic carbocycles. The first-order valence-corrected chi connectivity index (χ1v) is 9.67. The molecule has 1 N–H and O–H groups in total. The maximum atomic E-state index is 12.4. The van der Waals surface area contributed by atoms with Gasteiger partial charge in [0, 0.05) is 18.0 Å². The molecule has 0 saturated heterocycles. The van der Waals surface area contributed by atoms with Crippen molar-refractivity contribution in [2.24, 2.45) is 0 Å². The van der Waals surface area contributed by atoms with E-state index in [1.165, 1.54) is 0 Å². The number of aryl methyl sites for hydroxylation is 1. The number of amides is 1. The second-order valence-corrected chi connectivity index (χ2v) is 7.21. The Bertz CT molecular complexity index is 1060. The minimum Gasteiger partial charge on any atom is -0.481 e. The number of thioether (sulfide) groups is 1. The molecule has 1 aliphatic heterocycles. The van der Waals surface area contributed by atoms with Crippen molar-refractivity contribution in [3.63, 3.8) is 0 Å². The number of aromatic nitrogens is 4. The third kappa shape index (κ3) is 3.44. The third-order valence-electron chi connectivity index (χ3n) is 4.23. The molecule has 0 fully saturated rings. The highest BCUT2D eigenvalue weighted by atomic mass is 32.2. The SMILES string of the molecule is C#CCOc1cccc(C2SCC(=O)Nc3c2c(C)nn3-c2ncccn2)c1. The Balaban J connectivity index is 1.81. The van der Waals surface area contributed by atoms with Crippen molar-refractivity contribution in [1.82, 2.24) is 19.7 Å². The van der Waals surface area contributed by atoms with Crippen molar-refractivity contribution in [3.05, 3.63) is 59.5 Å². The minimum absolute atomic E-state index is 0.0921. The van der Waals surface area contributed by atoms with Gasteiger partial charge in [-0.1, -0.05) is 18.1 Å². The summed E-state index contributed by atoms with van der Waals surface area (Å²) in [4.78, 5) is 20.9. The van der Waals surface area contributed by atoms with Crippen molar-refractivity contribution < 1.29 is 9.53 Å². The van der Waals surface area contributed by atoms with Crippen molar-refractivity contribution in [3.8, 4) is 24.0 Å². The number of benzene rings is 1. The van der Waals surface area contributed by atoms with E-state index in [-0.39, 0.29) is 17.8 Å². The zero-order valence-electron chi connectivity index (χ0n) is 15.1. The number of anilines is 1. The number of hydrogen-bond acceptors (Lipinski definition) is 6. The molecule has 1 atom stereocenters. The largest absolute Gasteiger partial charge is 0.481 e. The fourth-order valence-corrected chi connectivity index (χ4v) is 4.26. The molecule has 1 aliphatic rings. The van der Waals surface area contributed by atoms with E-state index in [0.29, 0.717) is 23.3 Å². The van der Waals surface area contributed by atoms with Crippen LogP contribution in [0.25, 0.3) is 5.95 Å². The van der Waals surface area contributed by atoms with Crippen LogP contribution in [0.2, 0.25) is 0 Å². The molecule has 7 nitrogen and oxygen atoms in total. The van der Waals surface area contributed by atoms with Crippen LogP contribution in [0.15, 0.2) is 42.7 Å². The lowest BCUT2D eigenvalue weighted by atomic mass is 10.0. The van der Waals surface area contributed by atoms with Crippen LogP contribution in [0, 0.1) is 19.3 Å². The van der Waals surface area contributed by atoms with Gasteiger partial charge in [0.2, 0.25) is 5.91 Å². The first kappa shape index (κ1) is 18.1. The Hall–Kier alpha value is -3.31. The molecule has 0 radical (unpaired) electrons. The van der Waals surface area contributed by atoms with E-state index in [0.717, 1.165) is 16.8 Å². The maximum absolute atomic E-state index is 12.4. The van der Waals surface area contributed by atoms with E-state index >= 15 is 0 Å². The number of nitrogens with zero attached hydrogens (tertiary/aromatic N) is 4. The van der Waals surface area contributed by atoms with Gasteiger partial charge in [-0.15, -0.1) is 18.2 Å². The van der Waals surface area contributed by atoms with Crippen molar-refractivity contribution in [1.29, 1.82) is 0 Å². The summed E-state index contributed by atoms with van der Waals surface area (Å²) >= 11 is 1.54. The predicted octanol–water partition coefficient (Wildman–Crippen LogP) is 2.76. The number of hydrogen-bond donors (Lipinski definition) is 1. The first-order chi connectivity index (χ1) is 13.7. The Morgan fingerprint density at radius 1 is 1.36 bits per heavy atom. The van der Waals surface area contributed by atoms with Gasteiger partial charge in [0.25, 0.3) is 5.95 Å². The summed E-state index contributed by atoms with van der Waals surface area (Å²) in [6.45, 7) is 2.12. The van der Waals surface area contributed by atoms with Crippen molar-refractivity contribution in [2.75, 3.05) is 17.7 Å². The topological polar surface area (TPSA) is 81.9 Å². The molecule has 0 bridgehead atoms. The molecule has 28 heavy (non-hydrogen) atoms. The molecule has 140 valence electrons. The van der Waals surface area contributed by atoms with Gasteiger partial charge in [-0.05, 0) is 30.7 Å². The molecule has 3 heterocycles. The lowest BCUT2D eigenvalue weighted by molar-refractivity contribution is -0.113. The molecule has 1 unspecified atom stereocenters. The van der Waals surface area contributed by atoms with E-state index in [1.54, 1.807) is 34.9 Å². The second-order valence-electron chi connectivity index (χ2n) is 6.11. The van der Waals surface area contributed by atoms with Gasteiger partial charge in [0.05, 0.1) is 16.7 Å². The Morgan fingerprint density at radius 2 is 2.18 bits per heavy atom. The number of terminal acetylenes is 1. The maximum Gasteiger partial charge on any atom is 0.252 e. The van der Waals surface area contributed by atoms with Crippen LogP contribution in [0.1, 0.15) is 22.1 Å². The van der Waals surface area contributed by atoms with E-state index in [1.807, 2.05) is 31.2 Å². The van der Waals surface area contributed by atoms with E-state index in [9.17, 15) is 4.79 Å². The summed E-state index contributed by atoms with van der Waals surface area (Å²) in [5.74, 6) is 4.39. The van der Waals surface area contributed by atoms with Crippen molar-refractivity contribution in [2.45, 2.75) is 12.2 Å². The van der Waals surface area contributed by atoms with Gasteiger partial charge in [-0.2, -0.15) is 9.78 Å². The summed E-state index contributed by atoms with van der Waals surface area (Å²) in [7, 11) is 0. The normalized spacial score (nSPS) is 15.9. The quantitative estimate of drug-likeness (QED) is 0.689. The fraction of sp³-hybridized carbons (Fsp3) is 0.200. The average Bonchev–Trinajstić information content (AvgIpc) is 2.92. The van der Waals surface area contributed by atoms with E-state index in [2.05, 4.69) is 26.3 Å². The van der Waals surface area contributed by atoms with Crippen LogP contribution in [0.4, 0.5) is 5.82 Å². The number of carbonyl (C=O) groups excluding carboxylic acids is 1.